The van der Waals surface area contributed by atoms with E-state index in [4.69, 9.17) is 10.5 Å². The van der Waals surface area contributed by atoms with Crippen LogP contribution in [0.5, 0.6) is 0 Å². The first-order valence-electron chi connectivity index (χ1n) is 7.55. The Morgan fingerprint density at radius 2 is 2.19 bits per heavy atom. The molecule has 1 aromatic rings. The minimum Gasteiger partial charge on any atom is -0.364 e. The SMILES string of the molecule is CCN(CC)c1ccc(NC(=O)[C@@H]2CC[C@H](CN)O2)cn1. The predicted molar refractivity (Wildman–Crippen MR) is 83.4 cm³/mol. The molecule has 0 saturated carbocycles. The number of pyridine rings is 1. The molecule has 0 unspecified atom stereocenters. The van der Waals surface area contributed by atoms with Crippen molar-refractivity contribution >= 4 is 17.4 Å². The van der Waals surface area contributed by atoms with E-state index in [2.05, 4.69) is 29.0 Å². The molecule has 6 heteroatoms. The third-order valence-electron chi connectivity index (χ3n) is 3.77. The van der Waals surface area contributed by atoms with Crippen LogP contribution < -0.4 is 16.0 Å². The van der Waals surface area contributed by atoms with E-state index in [1.807, 2.05) is 12.1 Å². The molecule has 0 spiro atoms. The summed E-state index contributed by atoms with van der Waals surface area (Å²) in [5.41, 5.74) is 6.24. The summed E-state index contributed by atoms with van der Waals surface area (Å²) in [6, 6.07) is 3.79. The van der Waals surface area contributed by atoms with Crippen molar-refractivity contribution in [2.75, 3.05) is 29.9 Å². The number of rotatable bonds is 6. The largest absolute Gasteiger partial charge is 0.364 e. The van der Waals surface area contributed by atoms with Gasteiger partial charge in [-0.2, -0.15) is 0 Å². The number of nitrogens with zero attached hydrogens (tertiary/aromatic N) is 2. The van der Waals surface area contributed by atoms with Crippen molar-refractivity contribution in [3.63, 3.8) is 0 Å². The first kappa shape index (κ1) is 15.7. The van der Waals surface area contributed by atoms with Gasteiger partial charge in [0.2, 0.25) is 0 Å². The topological polar surface area (TPSA) is 80.5 Å². The minimum absolute atomic E-state index is 0.00363. The van der Waals surface area contributed by atoms with Gasteiger partial charge in [-0.1, -0.05) is 0 Å². The van der Waals surface area contributed by atoms with Crippen molar-refractivity contribution in [1.29, 1.82) is 0 Å². The van der Waals surface area contributed by atoms with Crippen molar-refractivity contribution in [1.82, 2.24) is 4.98 Å². The number of carbonyl (C=O) groups excluding carboxylic acids is 1. The van der Waals surface area contributed by atoms with E-state index in [0.29, 0.717) is 12.2 Å². The molecule has 1 aliphatic heterocycles. The molecule has 21 heavy (non-hydrogen) atoms. The third-order valence-corrected chi connectivity index (χ3v) is 3.77. The number of nitrogens with two attached hydrogens (primary N) is 1. The Morgan fingerprint density at radius 3 is 2.71 bits per heavy atom. The van der Waals surface area contributed by atoms with Crippen molar-refractivity contribution in [2.45, 2.75) is 38.9 Å². The standard InChI is InChI=1S/C15H24N4O2/c1-3-19(4-2)14-8-5-11(10-17-14)18-15(20)13-7-6-12(9-16)21-13/h5,8,10,12-13H,3-4,6-7,9,16H2,1-2H3,(H,18,20)/t12-,13+/m1/s1. The maximum Gasteiger partial charge on any atom is 0.253 e. The van der Waals surface area contributed by atoms with Crippen LogP contribution in [0.1, 0.15) is 26.7 Å². The summed E-state index contributed by atoms with van der Waals surface area (Å²) in [5.74, 6) is 0.793. The Kier molecular flexibility index (Phi) is 5.52. The van der Waals surface area contributed by atoms with Crippen LogP contribution in [0, 0.1) is 0 Å². The van der Waals surface area contributed by atoms with Gasteiger partial charge in [-0.25, -0.2) is 4.98 Å². The lowest BCUT2D eigenvalue weighted by Gasteiger charge is -2.20. The maximum absolute atomic E-state index is 12.1. The van der Waals surface area contributed by atoms with Gasteiger partial charge in [0, 0.05) is 19.6 Å². The van der Waals surface area contributed by atoms with E-state index >= 15 is 0 Å². The molecular formula is C15H24N4O2. The van der Waals surface area contributed by atoms with Gasteiger partial charge in [-0.15, -0.1) is 0 Å². The quantitative estimate of drug-likeness (QED) is 0.828. The van der Waals surface area contributed by atoms with Crippen LogP contribution in [0.25, 0.3) is 0 Å². The summed E-state index contributed by atoms with van der Waals surface area (Å²) in [4.78, 5) is 18.6. The summed E-state index contributed by atoms with van der Waals surface area (Å²) in [7, 11) is 0. The number of nitrogens with one attached hydrogen (secondary N) is 1. The maximum atomic E-state index is 12.1. The molecule has 2 rings (SSSR count). The molecule has 1 saturated heterocycles. The number of ether oxygens (including phenoxy) is 1. The Morgan fingerprint density at radius 1 is 1.43 bits per heavy atom. The summed E-state index contributed by atoms with van der Waals surface area (Å²) in [6.07, 6.45) is 2.85. The summed E-state index contributed by atoms with van der Waals surface area (Å²) in [6.45, 7) is 6.46. The molecule has 3 N–H and O–H groups in total. The number of carbonyl (C=O) groups is 1. The van der Waals surface area contributed by atoms with E-state index in [1.54, 1.807) is 6.20 Å². The monoisotopic (exact) mass is 292 g/mol. The first-order valence-corrected chi connectivity index (χ1v) is 7.55. The van der Waals surface area contributed by atoms with Crippen LogP contribution in [-0.4, -0.2) is 42.7 Å². The zero-order valence-corrected chi connectivity index (χ0v) is 12.7. The minimum atomic E-state index is -0.402. The van der Waals surface area contributed by atoms with E-state index in [0.717, 1.165) is 31.7 Å². The molecular weight excluding hydrogens is 268 g/mol. The third kappa shape index (κ3) is 3.92. The predicted octanol–water partition coefficient (Wildman–Crippen LogP) is 1.37. The molecule has 0 radical (unpaired) electrons. The van der Waals surface area contributed by atoms with E-state index in [1.165, 1.54) is 0 Å². The second-order valence-corrected chi connectivity index (χ2v) is 5.13. The second kappa shape index (κ2) is 7.38. The smallest absolute Gasteiger partial charge is 0.253 e. The number of hydrogen-bond acceptors (Lipinski definition) is 5. The van der Waals surface area contributed by atoms with E-state index in [-0.39, 0.29) is 12.0 Å². The zero-order valence-electron chi connectivity index (χ0n) is 12.7. The number of amides is 1. The Bertz CT molecular complexity index is 459. The molecule has 1 aromatic heterocycles. The summed E-state index contributed by atoms with van der Waals surface area (Å²) in [5, 5.41) is 2.84. The van der Waals surface area contributed by atoms with Gasteiger partial charge in [0.25, 0.3) is 5.91 Å². The van der Waals surface area contributed by atoms with Crippen LogP contribution in [0.3, 0.4) is 0 Å². The van der Waals surface area contributed by atoms with Crippen molar-refractivity contribution in [3.8, 4) is 0 Å². The molecule has 6 nitrogen and oxygen atoms in total. The highest BCUT2D eigenvalue weighted by Gasteiger charge is 2.29. The van der Waals surface area contributed by atoms with Gasteiger partial charge < -0.3 is 20.7 Å². The molecule has 1 fully saturated rings. The van der Waals surface area contributed by atoms with Crippen LogP contribution in [-0.2, 0) is 9.53 Å². The van der Waals surface area contributed by atoms with Crippen LogP contribution >= 0.6 is 0 Å². The molecule has 2 heterocycles. The fourth-order valence-corrected chi connectivity index (χ4v) is 2.49. The lowest BCUT2D eigenvalue weighted by atomic mass is 10.2. The molecule has 1 aliphatic rings. The first-order chi connectivity index (χ1) is 10.2. The molecule has 116 valence electrons. The highest BCUT2D eigenvalue weighted by molar-refractivity contribution is 5.94. The Labute approximate surface area is 125 Å². The van der Waals surface area contributed by atoms with Crippen molar-refractivity contribution in [2.24, 2.45) is 5.73 Å². The van der Waals surface area contributed by atoms with Crippen molar-refractivity contribution in [3.05, 3.63) is 18.3 Å². The average molecular weight is 292 g/mol. The number of anilines is 2. The van der Waals surface area contributed by atoms with Gasteiger partial charge in [-0.3, -0.25) is 4.79 Å². The summed E-state index contributed by atoms with van der Waals surface area (Å²) >= 11 is 0. The van der Waals surface area contributed by atoms with Gasteiger partial charge in [0.05, 0.1) is 18.0 Å². The van der Waals surface area contributed by atoms with Gasteiger partial charge in [0.1, 0.15) is 11.9 Å². The van der Waals surface area contributed by atoms with Gasteiger partial charge in [0.15, 0.2) is 0 Å². The average Bonchev–Trinajstić information content (AvgIpc) is 2.99. The molecule has 0 aliphatic carbocycles. The highest BCUT2D eigenvalue weighted by atomic mass is 16.5. The zero-order chi connectivity index (χ0) is 15.2. The molecule has 0 bridgehead atoms. The number of aromatic nitrogens is 1. The van der Waals surface area contributed by atoms with Crippen LogP contribution in [0.4, 0.5) is 11.5 Å². The lowest BCUT2D eigenvalue weighted by Crippen LogP contribution is -2.30. The highest BCUT2D eigenvalue weighted by Crippen LogP contribution is 2.21. The van der Waals surface area contributed by atoms with Crippen molar-refractivity contribution < 1.29 is 9.53 Å². The number of hydrogen-bond donors (Lipinski definition) is 2. The molecule has 0 aromatic carbocycles. The fraction of sp³-hybridized carbons (Fsp3) is 0.600. The second-order valence-electron chi connectivity index (χ2n) is 5.13. The Balaban J connectivity index is 1.92. The van der Waals surface area contributed by atoms with Crippen LogP contribution in [0.15, 0.2) is 18.3 Å². The van der Waals surface area contributed by atoms with Gasteiger partial charge in [-0.05, 0) is 38.8 Å². The Hall–Kier alpha value is -1.66. The van der Waals surface area contributed by atoms with E-state index < -0.39 is 6.10 Å². The fourth-order valence-electron chi connectivity index (χ4n) is 2.49. The lowest BCUT2D eigenvalue weighted by molar-refractivity contribution is -0.126. The molecule has 1 amide bonds. The van der Waals surface area contributed by atoms with Gasteiger partial charge >= 0.3 is 0 Å². The molecule has 2 atom stereocenters. The summed E-state index contributed by atoms with van der Waals surface area (Å²) < 4.78 is 5.58. The normalized spacial score (nSPS) is 21.3. The van der Waals surface area contributed by atoms with Crippen LogP contribution in [0.2, 0.25) is 0 Å². The van der Waals surface area contributed by atoms with E-state index in [9.17, 15) is 4.79 Å².